The van der Waals surface area contributed by atoms with Gasteiger partial charge in [0.25, 0.3) is 0 Å². The van der Waals surface area contributed by atoms with Crippen LogP contribution < -0.4 is 5.32 Å². The molecule has 0 fully saturated rings. The average molecular weight is 231 g/mol. The van der Waals surface area contributed by atoms with Gasteiger partial charge in [0.15, 0.2) is 0 Å². The summed E-state index contributed by atoms with van der Waals surface area (Å²) >= 11 is 0. The second kappa shape index (κ2) is 6.48. The molecule has 0 heterocycles. The summed E-state index contributed by atoms with van der Waals surface area (Å²) in [5, 5.41) is 3.25. The molecule has 0 atom stereocenters. The molecule has 0 amide bonds. The molecule has 0 unspecified atom stereocenters. The van der Waals surface area contributed by atoms with Gasteiger partial charge in [-0.25, -0.2) is 0 Å². The topological polar surface area (TPSA) is 12.0 Å². The van der Waals surface area contributed by atoms with Gasteiger partial charge < -0.3 is 5.32 Å². The van der Waals surface area contributed by atoms with Gasteiger partial charge in [-0.2, -0.15) is 0 Å². The van der Waals surface area contributed by atoms with Gasteiger partial charge in [-0.3, -0.25) is 0 Å². The normalized spacial score (nSPS) is 11.7. The summed E-state index contributed by atoms with van der Waals surface area (Å²) in [5.74, 6) is 0. The van der Waals surface area contributed by atoms with E-state index in [-0.39, 0.29) is 0 Å². The van der Waals surface area contributed by atoms with E-state index in [1.807, 2.05) is 7.05 Å². The lowest BCUT2D eigenvalue weighted by Gasteiger charge is -2.15. The second-order valence-corrected chi connectivity index (χ2v) is 4.55. The quantitative estimate of drug-likeness (QED) is 0.757. The molecule has 0 bridgehead atoms. The first-order chi connectivity index (χ1) is 8.15. The number of anilines is 1. The van der Waals surface area contributed by atoms with Gasteiger partial charge in [0.2, 0.25) is 0 Å². The third kappa shape index (κ3) is 3.12. The Labute approximate surface area is 106 Å². The number of rotatable bonds is 5. The Morgan fingerprint density at radius 2 is 1.88 bits per heavy atom. The van der Waals surface area contributed by atoms with Crippen molar-refractivity contribution in [1.82, 2.24) is 0 Å². The maximum Gasteiger partial charge on any atom is 0.0370 e. The Kier molecular flexibility index (Phi) is 5.27. The fourth-order valence-corrected chi connectivity index (χ4v) is 2.30. The largest absolute Gasteiger partial charge is 0.388 e. The van der Waals surface area contributed by atoms with Crippen molar-refractivity contribution in [1.29, 1.82) is 0 Å². The smallest absolute Gasteiger partial charge is 0.0370 e. The number of benzene rings is 1. The van der Waals surface area contributed by atoms with Crippen LogP contribution in [0.4, 0.5) is 5.69 Å². The van der Waals surface area contributed by atoms with Crippen LogP contribution in [0.3, 0.4) is 0 Å². The third-order valence-electron chi connectivity index (χ3n) is 3.37. The monoisotopic (exact) mass is 231 g/mol. The van der Waals surface area contributed by atoms with Gasteiger partial charge in [-0.1, -0.05) is 32.4 Å². The fraction of sp³-hybridized carbons (Fsp3) is 0.500. The molecule has 1 aromatic rings. The molecule has 1 aromatic carbocycles. The van der Waals surface area contributed by atoms with Crippen molar-refractivity contribution in [2.24, 2.45) is 0 Å². The van der Waals surface area contributed by atoms with Crippen LogP contribution in [-0.2, 0) is 0 Å². The highest BCUT2D eigenvalue weighted by molar-refractivity contribution is 5.72. The zero-order valence-electron chi connectivity index (χ0n) is 11.9. The maximum absolute atomic E-state index is 3.25. The van der Waals surface area contributed by atoms with Crippen molar-refractivity contribution < 1.29 is 0 Å². The number of hydrogen-bond donors (Lipinski definition) is 1. The van der Waals surface area contributed by atoms with Crippen molar-refractivity contribution in [3.05, 3.63) is 34.9 Å². The summed E-state index contributed by atoms with van der Waals surface area (Å²) in [4.78, 5) is 0. The summed E-state index contributed by atoms with van der Waals surface area (Å²) in [6.45, 7) is 8.87. The standard InChI is InChI=1S/C16H25N/c1-6-8-14(9-7-2)15-10-11-16(17-5)13(4)12(15)3/h8,10-11,17H,6-7,9H2,1-5H3/b14-8+. The van der Waals surface area contributed by atoms with Crippen molar-refractivity contribution in [3.8, 4) is 0 Å². The second-order valence-electron chi connectivity index (χ2n) is 4.55. The average Bonchev–Trinajstić information content (AvgIpc) is 2.32. The van der Waals surface area contributed by atoms with Gasteiger partial charge in [0.05, 0.1) is 0 Å². The minimum atomic E-state index is 1.11. The Morgan fingerprint density at radius 1 is 1.18 bits per heavy atom. The third-order valence-corrected chi connectivity index (χ3v) is 3.37. The lowest BCUT2D eigenvalue weighted by Crippen LogP contribution is -1.98. The van der Waals surface area contributed by atoms with Crippen molar-refractivity contribution in [3.63, 3.8) is 0 Å². The van der Waals surface area contributed by atoms with Gasteiger partial charge in [0.1, 0.15) is 0 Å². The molecule has 0 spiro atoms. The van der Waals surface area contributed by atoms with Gasteiger partial charge in [-0.15, -0.1) is 0 Å². The first-order valence-electron chi connectivity index (χ1n) is 6.63. The molecular formula is C16H25N. The number of hydrogen-bond acceptors (Lipinski definition) is 1. The zero-order valence-corrected chi connectivity index (χ0v) is 11.9. The van der Waals surface area contributed by atoms with Crippen molar-refractivity contribution in [2.45, 2.75) is 47.0 Å². The van der Waals surface area contributed by atoms with Crippen LogP contribution in [0.5, 0.6) is 0 Å². The van der Waals surface area contributed by atoms with Crippen LogP contribution in [0.25, 0.3) is 5.57 Å². The minimum Gasteiger partial charge on any atom is -0.388 e. The van der Waals surface area contributed by atoms with Gasteiger partial charge in [0, 0.05) is 12.7 Å². The highest BCUT2D eigenvalue weighted by atomic mass is 14.8. The molecule has 1 N–H and O–H groups in total. The highest BCUT2D eigenvalue weighted by Gasteiger charge is 2.08. The predicted molar refractivity (Wildman–Crippen MR) is 78.6 cm³/mol. The van der Waals surface area contributed by atoms with Crippen molar-refractivity contribution >= 4 is 11.3 Å². The Bertz CT molecular complexity index is 402. The van der Waals surface area contributed by atoms with Crippen LogP contribution >= 0.6 is 0 Å². The molecule has 1 nitrogen and oxygen atoms in total. The SMILES string of the molecule is CC/C=C(\CCC)c1ccc(NC)c(C)c1C. The first kappa shape index (κ1) is 13.8. The summed E-state index contributed by atoms with van der Waals surface area (Å²) < 4.78 is 0. The molecule has 0 aliphatic heterocycles. The highest BCUT2D eigenvalue weighted by Crippen LogP contribution is 2.29. The Hall–Kier alpha value is -1.24. The van der Waals surface area contributed by atoms with Gasteiger partial charge >= 0.3 is 0 Å². The lowest BCUT2D eigenvalue weighted by atomic mass is 9.92. The van der Waals surface area contributed by atoms with E-state index >= 15 is 0 Å². The molecule has 17 heavy (non-hydrogen) atoms. The molecule has 0 saturated carbocycles. The maximum atomic E-state index is 3.25. The van der Waals surface area contributed by atoms with E-state index in [4.69, 9.17) is 0 Å². The van der Waals surface area contributed by atoms with E-state index < -0.39 is 0 Å². The van der Waals surface area contributed by atoms with E-state index in [0.717, 1.165) is 6.42 Å². The molecule has 0 radical (unpaired) electrons. The van der Waals surface area contributed by atoms with Crippen LogP contribution in [0.1, 0.15) is 49.8 Å². The number of nitrogens with one attached hydrogen (secondary N) is 1. The lowest BCUT2D eigenvalue weighted by molar-refractivity contribution is 0.965. The molecular weight excluding hydrogens is 206 g/mol. The van der Waals surface area contributed by atoms with E-state index in [2.05, 4.69) is 51.2 Å². The van der Waals surface area contributed by atoms with Crippen molar-refractivity contribution in [2.75, 3.05) is 12.4 Å². The minimum absolute atomic E-state index is 1.11. The molecule has 0 aliphatic rings. The van der Waals surface area contributed by atoms with Crippen LogP contribution in [0.2, 0.25) is 0 Å². The van der Waals surface area contributed by atoms with E-state index in [1.165, 1.54) is 40.8 Å². The molecule has 94 valence electrons. The molecule has 1 rings (SSSR count). The fourth-order valence-electron chi connectivity index (χ4n) is 2.30. The van der Waals surface area contributed by atoms with Crippen LogP contribution in [0, 0.1) is 13.8 Å². The van der Waals surface area contributed by atoms with E-state index in [0.29, 0.717) is 0 Å². The van der Waals surface area contributed by atoms with Crippen LogP contribution in [0.15, 0.2) is 18.2 Å². The summed E-state index contributed by atoms with van der Waals surface area (Å²) in [6.07, 6.45) is 5.86. The Morgan fingerprint density at radius 3 is 2.41 bits per heavy atom. The Balaban J connectivity index is 3.21. The molecule has 1 heteroatoms. The van der Waals surface area contributed by atoms with Gasteiger partial charge in [-0.05, 0) is 55.0 Å². The predicted octanol–water partition coefficient (Wildman–Crippen LogP) is 4.94. The molecule has 0 saturated heterocycles. The summed E-state index contributed by atoms with van der Waals surface area (Å²) in [6, 6.07) is 4.45. The van der Waals surface area contributed by atoms with Crippen LogP contribution in [-0.4, -0.2) is 7.05 Å². The zero-order chi connectivity index (χ0) is 12.8. The van der Waals surface area contributed by atoms with E-state index in [9.17, 15) is 0 Å². The van der Waals surface area contributed by atoms with E-state index in [1.54, 1.807) is 0 Å². The molecule has 0 aliphatic carbocycles. The molecule has 0 aromatic heterocycles. The first-order valence-corrected chi connectivity index (χ1v) is 6.63. The summed E-state index contributed by atoms with van der Waals surface area (Å²) in [7, 11) is 1.98. The summed E-state index contributed by atoms with van der Waals surface area (Å²) in [5.41, 5.74) is 6.93. The number of allylic oxidation sites excluding steroid dienone is 2.